The zero-order valence-corrected chi connectivity index (χ0v) is 11.9. The van der Waals surface area contributed by atoms with Crippen LogP contribution in [0, 0.1) is 0 Å². The quantitative estimate of drug-likeness (QED) is 0.369. The number of hydrogen-bond donors (Lipinski definition) is 1. The fourth-order valence-corrected chi connectivity index (χ4v) is 1.71. The van der Waals surface area contributed by atoms with Gasteiger partial charge in [0.05, 0.1) is 6.10 Å². The summed E-state index contributed by atoms with van der Waals surface area (Å²) < 4.78 is 5.05. The zero-order chi connectivity index (χ0) is 13.8. The molecule has 0 amide bonds. The standard InChI is InChI=1S/C14H27NO3/c1-4-6-7-9-15(12-13(3)16)10-11-18-14(17)8-5-2/h5,8,13,16H,4,6-7,9-12H2,1-3H3/b8-5+. The van der Waals surface area contributed by atoms with E-state index in [0.29, 0.717) is 19.7 Å². The van der Waals surface area contributed by atoms with Crippen molar-refractivity contribution in [2.24, 2.45) is 0 Å². The van der Waals surface area contributed by atoms with E-state index in [1.165, 1.54) is 18.9 Å². The minimum atomic E-state index is -0.349. The van der Waals surface area contributed by atoms with Crippen LogP contribution < -0.4 is 0 Å². The maximum atomic E-state index is 11.1. The molecule has 0 rings (SSSR count). The van der Waals surface area contributed by atoms with E-state index in [-0.39, 0.29) is 12.1 Å². The second-order valence-electron chi connectivity index (χ2n) is 4.52. The van der Waals surface area contributed by atoms with Gasteiger partial charge in [0.15, 0.2) is 0 Å². The molecule has 106 valence electrons. The van der Waals surface area contributed by atoms with Crippen molar-refractivity contribution in [1.82, 2.24) is 4.90 Å². The summed E-state index contributed by atoms with van der Waals surface area (Å²) in [5, 5.41) is 9.41. The number of carbonyl (C=O) groups excluding carboxylic acids is 1. The van der Waals surface area contributed by atoms with Gasteiger partial charge in [-0.05, 0) is 26.8 Å². The summed E-state index contributed by atoms with van der Waals surface area (Å²) in [7, 11) is 0. The van der Waals surface area contributed by atoms with E-state index in [9.17, 15) is 9.90 Å². The third kappa shape index (κ3) is 10.3. The molecule has 1 N–H and O–H groups in total. The molecule has 0 heterocycles. The number of allylic oxidation sites excluding steroid dienone is 1. The molecule has 1 unspecified atom stereocenters. The summed E-state index contributed by atoms with van der Waals surface area (Å²) in [6.45, 7) is 8.35. The number of unbranched alkanes of at least 4 members (excludes halogenated alkanes) is 2. The van der Waals surface area contributed by atoms with E-state index in [1.807, 2.05) is 0 Å². The molecule has 4 heteroatoms. The Morgan fingerprint density at radius 2 is 2.11 bits per heavy atom. The van der Waals surface area contributed by atoms with Crippen molar-refractivity contribution in [3.8, 4) is 0 Å². The Balaban J connectivity index is 3.88. The largest absolute Gasteiger partial charge is 0.461 e. The van der Waals surface area contributed by atoms with Gasteiger partial charge in [-0.1, -0.05) is 25.8 Å². The van der Waals surface area contributed by atoms with Crippen molar-refractivity contribution in [3.63, 3.8) is 0 Å². The van der Waals surface area contributed by atoms with Gasteiger partial charge in [0.1, 0.15) is 6.61 Å². The lowest BCUT2D eigenvalue weighted by Gasteiger charge is -2.23. The van der Waals surface area contributed by atoms with E-state index in [0.717, 1.165) is 13.0 Å². The molecule has 0 saturated heterocycles. The molecule has 0 aromatic rings. The van der Waals surface area contributed by atoms with Crippen molar-refractivity contribution >= 4 is 5.97 Å². The number of nitrogens with zero attached hydrogens (tertiary/aromatic N) is 1. The minimum Gasteiger partial charge on any atom is -0.461 e. The van der Waals surface area contributed by atoms with Crippen molar-refractivity contribution in [2.45, 2.75) is 46.1 Å². The van der Waals surface area contributed by atoms with E-state index >= 15 is 0 Å². The maximum Gasteiger partial charge on any atom is 0.330 e. The number of hydrogen-bond acceptors (Lipinski definition) is 4. The Morgan fingerprint density at radius 3 is 2.67 bits per heavy atom. The molecular formula is C14H27NO3. The Morgan fingerprint density at radius 1 is 1.39 bits per heavy atom. The molecule has 18 heavy (non-hydrogen) atoms. The fraction of sp³-hybridized carbons (Fsp3) is 0.786. The molecule has 0 saturated carbocycles. The first kappa shape index (κ1) is 17.1. The van der Waals surface area contributed by atoms with Gasteiger partial charge >= 0.3 is 5.97 Å². The summed E-state index contributed by atoms with van der Waals surface area (Å²) in [6.07, 6.45) is 6.21. The van der Waals surface area contributed by atoms with Crippen LogP contribution in [0.5, 0.6) is 0 Å². The third-order valence-corrected chi connectivity index (χ3v) is 2.55. The lowest BCUT2D eigenvalue weighted by atomic mass is 10.2. The summed E-state index contributed by atoms with van der Waals surface area (Å²) in [6, 6.07) is 0. The van der Waals surface area contributed by atoms with Gasteiger partial charge in [0, 0.05) is 19.2 Å². The van der Waals surface area contributed by atoms with Gasteiger partial charge in [-0.25, -0.2) is 4.79 Å². The number of carbonyl (C=O) groups is 1. The SMILES string of the molecule is C/C=C/C(=O)OCCN(CCCCC)CC(C)O. The number of esters is 1. The third-order valence-electron chi connectivity index (χ3n) is 2.55. The van der Waals surface area contributed by atoms with E-state index in [4.69, 9.17) is 4.74 Å². The van der Waals surface area contributed by atoms with Gasteiger partial charge in [0.25, 0.3) is 0 Å². The van der Waals surface area contributed by atoms with Crippen LogP contribution in [0.15, 0.2) is 12.2 Å². The highest BCUT2D eigenvalue weighted by molar-refractivity contribution is 5.81. The molecule has 0 radical (unpaired) electrons. The summed E-state index contributed by atoms with van der Waals surface area (Å²) >= 11 is 0. The maximum absolute atomic E-state index is 11.1. The normalized spacial score (nSPS) is 13.2. The number of rotatable bonds is 10. The van der Waals surface area contributed by atoms with Gasteiger partial charge in [-0.15, -0.1) is 0 Å². The molecular weight excluding hydrogens is 230 g/mol. The van der Waals surface area contributed by atoms with Gasteiger partial charge in [-0.2, -0.15) is 0 Å². The average Bonchev–Trinajstić information content (AvgIpc) is 2.28. The molecule has 4 nitrogen and oxygen atoms in total. The Hall–Kier alpha value is -0.870. The van der Waals surface area contributed by atoms with Crippen LogP contribution in [0.25, 0.3) is 0 Å². The van der Waals surface area contributed by atoms with E-state index < -0.39 is 0 Å². The van der Waals surface area contributed by atoms with Crippen LogP contribution >= 0.6 is 0 Å². The van der Waals surface area contributed by atoms with Crippen molar-refractivity contribution < 1.29 is 14.6 Å². The topological polar surface area (TPSA) is 49.8 Å². The lowest BCUT2D eigenvalue weighted by molar-refractivity contribution is -0.138. The summed E-state index contributed by atoms with van der Waals surface area (Å²) in [5.74, 6) is -0.303. The highest BCUT2D eigenvalue weighted by Crippen LogP contribution is 2.00. The van der Waals surface area contributed by atoms with Crippen LogP contribution in [0.4, 0.5) is 0 Å². The van der Waals surface area contributed by atoms with Gasteiger partial charge in [0.2, 0.25) is 0 Å². The predicted octanol–water partition coefficient (Wildman–Crippen LogP) is 1.98. The van der Waals surface area contributed by atoms with Crippen LogP contribution in [0.2, 0.25) is 0 Å². The smallest absolute Gasteiger partial charge is 0.330 e. The van der Waals surface area contributed by atoms with Crippen molar-refractivity contribution in [2.75, 3.05) is 26.2 Å². The van der Waals surface area contributed by atoms with Crippen molar-refractivity contribution in [3.05, 3.63) is 12.2 Å². The average molecular weight is 257 g/mol. The number of ether oxygens (including phenoxy) is 1. The molecule has 0 aromatic carbocycles. The minimum absolute atomic E-state index is 0.303. The highest BCUT2D eigenvalue weighted by atomic mass is 16.5. The molecule has 0 aliphatic heterocycles. The predicted molar refractivity (Wildman–Crippen MR) is 73.4 cm³/mol. The molecule has 0 aliphatic rings. The first-order valence-corrected chi connectivity index (χ1v) is 6.80. The highest BCUT2D eigenvalue weighted by Gasteiger charge is 2.08. The number of aliphatic hydroxyl groups is 1. The van der Waals surface area contributed by atoms with Crippen LogP contribution in [-0.2, 0) is 9.53 Å². The molecule has 0 spiro atoms. The van der Waals surface area contributed by atoms with E-state index in [1.54, 1.807) is 19.9 Å². The summed E-state index contributed by atoms with van der Waals surface area (Å²) in [5.41, 5.74) is 0. The van der Waals surface area contributed by atoms with Crippen LogP contribution in [0.3, 0.4) is 0 Å². The van der Waals surface area contributed by atoms with Crippen LogP contribution in [-0.4, -0.2) is 48.3 Å². The molecule has 0 bridgehead atoms. The Kier molecular flexibility index (Phi) is 10.7. The molecule has 0 fully saturated rings. The fourth-order valence-electron chi connectivity index (χ4n) is 1.71. The molecule has 0 aliphatic carbocycles. The lowest BCUT2D eigenvalue weighted by Crippen LogP contribution is -2.35. The van der Waals surface area contributed by atoms with Crippen LogP contribution in [0.1, 0.15) is 40.0 Å². The molecule has 1 atom stereocenters. The Bertz CT molecular complexity index is 239. The monoisotopic (exact) mass is 257 g/mol. The Labute approximate surface area is 111 Å². The second-order valence-corrected chi connectivity index (χ2v) is 4.52. The van der Waals surface area contributed by atoms with Gasteiger partial charge in [-0.3, -0.25) is 4.90 Å². The molecule has 0 aromatic heterocycles. The number of aliphatic hydroxyl groups excluding tert-OH is 1. The second kappa shape index (κ2) is 11.2. The van der Waals surface area contributed by atoms with E-state index in [2.05, 4.69) is 11.8 Å². The van der Waals surface area contributed by atoms with Gasteiger partial charge < -0.3 is 9.84 Å². The first-order chi connectivity index (χ1) is 8.60. The summed E-state index contributed by atoms with van der Waals surface area (Å²) in [4.78, 5) is 13.3. The zero-order valence-electron chi connectivity index (χ0n) is 11.9. The first-order valence-electron chi connectivity index (χ1n) is 6.80. The van der Waals surface area contributed by atoms with Crippen molar-refractivity contribution in [1.29, 1.82) is 0 Å².